The summed E-state index contributed by atoms with van der Waals surface area (Å²) in [6, 6.07) is 13.1. The van der Waals surface area contributed by atoms with Gasteiger partial charge in [0.2, 0.25) is 5.91 Å². The number of hydrogen-bond donors (Lipinski definition) is 1. The molecule has 2 amide bonds. The summed E-state index contributed by atoms with van der Waals surface area (Å²) in [5.74, 6) is -1.17. The van der Waals surface area contributed by atoms with Crippen molar-refractivity contribution in [1.82, 2.24) is 0 Å². The number of ketones is 1. The topological polar surface area (TPSA) is 92.8 Å². The van der Waals surface area contributed by atoms with Gasteiger partial charge in [-0.3, -0.25) is 14.4 Å². The van der Waals surface area contributed by atoms with Crippen LogP contribution in [0.2, 0.25) is 0 Å². The van der Waals surface area contributed by atoms with Crippen LogP contribution in [0.5, 0.6) is 0 Å². The predicted molar refractivity (Wildman–Crippen MR) is 108 cm³/mol. The summed E-state index contributed by atoms with van der Waals surface area (Å²) in [7, 11) is 0. The van der Waals surface area contributed by atoms with Gasteiger partial charge in [-0.25, -0.2) is 4.79 Å². The van der Waals surface area contributed by atoms with E-state index in [2.05, 4.69) is 5.32 Å². The van der Waals surface area contributed by atoms with Crippen LogP contribution in [0.1, 0.15) is 47.4 Å². The number of carbonyl (C=O) groups excluding carboxylic acids is 4. The summed E-state index contributed by atoms with van der Waals surface area (Å²) in [5.41, 5.74) is 1.95. The van der Waals surface area contributed by atoms with Crippen LogP contribution in [0, 0.1) is 0 Å². The molecule has 0 aromatic heterocycles. The van der Waals surface area contributed by atoms with E-state index in [0.29, 0.717) is 29.9 Å². The van der Waals surface area contributed by atoms with E-state index in [0.717, 1.165) is 6.42 Å². The lowest BCUT2D eigenvalue weighted by Crippen LogP contribution is -2.30. The van der Waals surface area contributed by atoms with Crippen LogP contribution in [0.4, 0.5) is 11.4 Å². The molecule has 0 unspecified atom stereocenters. The number of nitrogens with zero attached hydrogens (tertiary/aromatic N) is 1. The standard InChI is InChI=1S/C22H22N2O5/c1-14(25)16-8-10-18(11-9-16)23-21(27)15(2)29-22(28)17-5-3-6-19(13-17)24-12-4-7-20(24)26/h3,5-6,8-11,13,15H,4,7,12H2,1-2H3,(H,23,27)/t15-/m1/s1. The molecule has 2 aromatic carbocycles. The van der Waals surface area contributed by atoms with Crippen LogP contribution in [0.15, 0.2) is 48.5 Å². The van der Waals surface area contributed by atoms with Crippen molar-refractivity contribution < 1.29 is 23.9 Å². The van der Waals surface area contributed by atoms with Crippen molar-refractivity contribution >= 4 is 34.9 Å². The normalized spacial score (nSPS) is 14.4. The van der Waals surface area contributed by atoms with Crippen LogP contribution < -0.4 is 10.2 Å². The molecular weight excluding hydrogens is 372 g/mol. The number of carbonyl (C=O) groups is 4. The Kier molecular flexibility index (Phi) is 6.07. The largest absolute Gasteiger partial charge is 0.449 e. The highest BCUT2D eigenvalue weighted by molar-refractivity contribution is 6.00. The highest BCUT2D eigenvalue weighted by Crippen LogP contribution is 2.23. The van der Waals surface area contributed by atoms with Crippen molar-refractivity contribution in [3.8, 4) is 0 Å². The maximum Gasteiger partial charge on any atom is 0.338 e. The first kappa shape index (κ1) is 20.3. The smallest absolute Gasteiger partial charge is 0.338 e. The molecule has 29 heavy (non-hydrogen) atoms. The molecule has 0 saturated carbocycles. The van der Waals surface area contributed by atoms with Gasteiger partial charge in [0.05, 0.1) is 5.56 Å². The second-order valence-corrected chi connectivity index (χ2v) is 6.87. The van der Waals surface area contributed by atoms with E-state index in [1.807, 2.05) is 0 Å². The van der Waals surface area contributed by atoms with E-state index in [-0.39, 0.29) is 17.3 Å². The van der Waals surface area contributed by atoms with Crippen LogP contribution in [-0.2, 0) is 14.3 Å². The third-order valence-electron chi connectivity index (χ3n) is 4.68. The summed E-state index contributed by atoms with van der Waals surface area (Å²) >= 11 is 0. The van der Waals surface area contributed by atoms with Gasteiger partial charge in [-0.1, -0.05) is 6.07 Å². The van der Waals surface area contributed by atoms with Crippen molar-refractivity contribution in [3.63, 3.8) is 0 Å². The maximum atomic E-state index is 12.4. The first-order valence-corrected chi connectivity index (χ1v) is 9.38. The second kappa shape index (κ2) is 8.68. The van der Waals surface area contributed by atoms with Gasteiger partial charge >= 0.3 is 5.97 Å². The molecule has 1 aliphatic rings. The van der Waals surface area contributed by atoms with Gasteiger partial charge in [-0.2, -0.15) is 0 Å². The van der Waals surface area contributed by atoms with E-state index in [1.165, 1.54) is 13.8 Å². The summed E-state index contributed by atoms with van der Waals surface area (Å²) < 4.78 is 5.27. The number of anilines is 2. The molecule has 0 radical (unpaired) electrons. The number of amides is 2. The van der Waals surface area contributed by atoms with E-state index in [4.69, 9.17) is 4.74 Å². The first-order chi connectivity index (χ1) is 13.8. The fourth-order valence-electron chi connectivity index (χ4n) is 3.04. The second-order valence-electron chi connectivity index (χ2n) is 6.87. The Morgan fingerprint density at radius 1 is 1.07 bits per heavy atom. The lowest BCUT2D eigenvalue weighted by Gasteiger charge is -2.17. The Bertz CT molecular complexity index is 952. The predicted octanol–water partition coefficient (Wildman–Crippen LogP) is 3.20. The third kappa shape index (κ3) is 4.87. The fourth-order valence-corrected chi connectivity index (χ4v) is 3.04. The molecule has 0 spiro atoms. The summed E-state index contributed by atoms with van der Waals surface area (Å²) in [6.07, 6.45) is 0.268. The van der Waals surface area contributed by atoms with E-state index in [9.17, 15) is 19.2 Å². The first-order valence-electron chi connectivity index (χ1n) is 9.38. The number of ether oxygens (including phenoxy) is 1. The quantitative estimate of drug-likeness (QED) is 0.600. The third-order valence-corrected chi connectivity index (χ3v) is 4.68. The highest BCUT2D eigenvalue weighted by atomic mass is 16.5. The molecule has 0 bridgehead atoms. The molecule has 1 fully saturated rings. The van der Waals surface area contributed by atoms with Crippen LogP contribution >= 0.6 is 0 Å². The molecule has 2 aromatic rings. The number of esters is 1. The average molecular weight is 394 g/mol. The number of Topliss-reactive ketones (excluding diaryl/α,β-unsaturated/α-hetero) is 1. The highest BCUT2D eigenvalue weighted by Gasteiger charge is 2.24. The van der Waals surface area contributed by atoms with Crippen molar-refractivity contribution in [2.24, 2.45) is 0 Å². The summed E-state index contributed by atoms with van der Waals surface area (Å²) in [5, 5.41) is 2.65. The van der Waals surface area contributed by atoms with Gasteiger partial charge < -0.3 is 15.0 Å². The SMILES string of the molecule is CC(=O)c1ccc(NC(=O)[C@@H](C)OC(=O)c2cccc(N3CCCC3=O)c2)cc1. The monoisotopic (exact) mass is 394 g/mol. The number of benzene rings is 2. The molecular formula is C22H22N2O5. The van der Waals surface area contributed by atoms with E-state index in [1.54, 1.807) is 53.4 Å². The molecule has 3 rings (SSSR count). The van der Waals surface area contributed by atoms with Gasteiger partial charge in [-0.15, -0.1) is 0 Å². The van der Waals surface area contributed by atoms with Crippen LogP contribution in [0.3, 0.4) is 0 Å². The van der Waals surface area contributed by atoms with Gasteiger partial charge in [-0.05, 0) is 62.7 Å². The molecule has 1 N–H and O–H groups in total. The van der Waals surface area contributed by atoms with Crippen molar-refractivity contribution in [3.05, 3.63) is 59.7 Å². The molecule has 1 atom stereocenters. The van der Waals surface area contributed by atoms with Gasteiger partial charge in [0.25, 0.3) is 5.91 Å². The van der Waals surface area contributed by atoms with Crippen LogP contribution in [-0.4, -0.2) is 36.2 Å². The zero-order valence-corrected chi connectivity index (χ0v) is 16.3. The zero-order valence-electron chi connectivity index (χ0n) is 16.3. The Morgan fingerprint density at radius 3 is 2.41 bits per heavy atom. The lowest BCUT2D eigenvalue weighted by molar-refractivity contribution is -0.123. The number of hydrogen-bond acceptors (Lipinski definition) is 5. The maximum absolute atomic E-state index is 12.4. The molecule has 1 heterocycles. The van der Waals surface area contributed by atoms with E-state index >= 15 is 0 Å². The fraction of sp³-hybridized carbons (Fsp3) is 0.273. The van der Waals surface area contributed by atoms with Gasteiger partial charge in [0, 0.05) is 29.9 Å². The summed E-state index contributed by atoms with van der Waals surface area (Å²) in [4.78, 5) is 49.6. The summed E-state index contributed by atoms with van der Waals surface area (Å²) in [6.45, 7) is 3.56. The molecule has 1 saturated heterocycles. The number of nitrogens with one attached hydrogen (secondary N) is 1. The minimum Gasteiger partial charge on any atom is -0.449 e. The molecule has 7 heteroatoms. The Balaban J connectivity index is 1.61. The number of rotatable bonds is 6. The Hall–Kier alpha value is -3.48. The zero-order chi connectivity index (χ0) is 21.0. The van der Waals surface area contributed by atoms with Crippen LogP contribution in [0.25, 0.3) is 0 Å². The molecule has 7 nitrogen and oxygen atoms in total. The Labute approximate surface area is 168 Å². The molecule has 1 aliphatic heterocycles. The molecule has 150 valence electrons. The molecule has 0 aliphatic carbocycles. The van der Waals surface area contributed by atoms with Crippen molar-refractivity contribution in [2.45, 2.75) is 32.8 Å². The van der Waals surface area contributed by atoms with Gasteiger partial charge in [0.15, 0.2) is 11.9 Å². The average Bonchev–Trinajstić information content (AvgIpc) is 3.14. The van der Waals surface area contributed by atoms with Crippen molar-refractivity contribution in [2.75, 3.05) is 16.8 Å². The minimum atomic E-state index is -1.02. The van der Waals surface area contributed by atoms with Gasteiger partial charge in [0.1, 0.15) is 0 Å². The van der Waals surface area contributed by atoms with Crippen molar-refractivity contribution in [1.29, 1.82) is 0 Å². The minimum absolute atomic E-state index is 0.0269. The Morgan fingerprint density at radius 2 is 1.79 bits per heavy atom. The lowest BCUT2D eigenvalue weighted by atomic mass is 10.1. The van der Waals surface area contributed by atoms with E-state index < -0.39 is 18.0 Å².